The number of aromatic nitrogens is 5. The van der Waals surface area contributed by atoms with Crippen molar-refractivity contribution in [2.24, 2.45) is 0 Å². The summed E-state index contributed by atoms with van der Waals surface area (Å²) in [5, 5.41) is 27.8. The normalized spacial score (nSPS) is 11.9. The SMILES string of the molecule is COCCn1cc(C(Nc2cc(Cl)c3ncc(C#N)c(Nc4ccc(F)c(Cl)c4)c3c2)c2cscn2)nn1. The number of pyridine rings is 1. The van der Waals surface area contributed by atoms with Gasteiger partial charge in [0.1, 0.15) is 23.6 Å². The van der Waals surface area contributed by atoms with Crippen LogP contribution < -0.4 is 10.6 Å². The molecule has 5 rings (SSSR count). The molecule has 3 heterocycles. The summed E-state index contributed by atoms with van der Waals surface area (Å²) in [7, 11) is 1.63. The highest BCUT2D eigenvalue weighted by molar-refractivity contribution is 7.07. The van der Waals surface area contributed by atoms with Gasteiger partial charge >= 0.3 is 0 Å². The Hall–Kier alpha value is -3.82. The summed E-state index contributed by atoms with van der Waals surface area (Å²) in [6, 6.07) is 9.52. The predicted octanol–water partition coefficient (Wildman–Crippen LogP) is 6.19. The third-order valence-corrected chi connectivity index (χ3v) is 6.85. The molecule has 0 saturated carbocycles. The molecule has 0 saturated heterocycles. The number of nitriles is 1. The Morgan fingerprint density at radius 2 is 2.00 bits per heavy atom. The zero-order chi connectivity index (χ0) is 26.6. The van der Waals surface area contributed by atoms with Gasteiger partial charge in [0.05, 0.1) is 57.4 Å². The highest BCUT2D eigenvalue weighted by Gasteiger charge is 2.21. The van der Waals surface area contributed by atoms with Crippen LogP contribution >= 0.6 is 34.5 Å². The third kappa shape index (κ3) is 5.39. The maximum Gasteiger partial charge on any atom is 0.141 e. The van der Waals surface area contributed by atoms with Crippen LogP contribution in [0.3, 0.4) is 0 Å². The summed E-state index contributed by atoms with van der Waals surface area (Å²) < 4.78 is 20.5. The van der Waals surface area contributed by atoms with Crippen molar-refractivity contribution in [3.05, 3.63) is 86.4 Å². The first-order valence-electron chi connectivity index (χ1n) is 11.2. The minimum Gasteiger partial charge on any atom is -0.383 e. The first kappa shape index (κ1) is 25.8. The minimum absolute atomic E-state index is 0.0445. The van der Waals surface area contributed by atoms with Gasteiger partial charge in [-0.1, -0.05) is 28.4 Å². The van der Waals surface area contributed by atoms with E-state index in [0.29, 0.717) is 51.8 Å². The lowest BCUT2D eigenvalue weighted by Gasteiger charge is -2.18. The number of ether oxygens (including phenoxy) is 1. The van der Waals surface area contributed by atoms with Crippen LogP contribution in [0.1, 0.15) is 23.0 Å². The van der Waals surface area contributed by atoms with Gasteiger partial charge in [0.2, 0.25) is 0 Å². The van der Waals surface area contributed by atoms with E-state index in [1.54, 1.807) is 23.4 Å². The Kier molecular flexibility index (Phi) is 7.67. The third-order valence-electron chi connectivity index (χ3n) is 5.67. The molecule has 0 bridgehead atoms. The van der Waals surface area contributed by atoms with E-state index in [1.807, 2.05) is 17.6 Å². The monoisotopic (exact) mass is 568 g/mol. The number of methoxy groups -OCH3 is 1. The van der Waals surface area contributed by atoms with E-state index < -0.39 is 11.9 Å². The second-order valence-corrected chi connectivity index (χ2v) is 9.69. The molecule has 0 aliphatic heterocycles. The van der Waals surface area contributed by atoms with Gasteiger partial charge in [0.25, 0.3) is 0 Å². The molecule has 0 aliphatic carbocycles. The first-order chi connectivity index (χ1) is 18.5. The molecule has 1 atom stereocenters. The number of nitrogens with zero attached hydrogens (tertiary/aromatic N) is 6. The van der Waals surface area contributed by atoms with Gasteiger partial charge in [0.15, 0.2) is 0 Å². The number of nitrogens with one attached hydrogen (secondary N) is 2. The number of anilines is 3. The zero-order valence-corrected chi connectivity index (χ0v) is 22.1. The van der Waals surface area contributed by atoms with Gasteiger partial charge in [-0.25, -0.2) is 14.1 Å². The molecule has 0 fully saturated rings. The molecule has 13 heteroatoms. The molecular weight excluding hydrogens is 550 g/mol. The number of rotatable bonds is 9. The fourth-order valence-electron chi connectivity index (χ4n) is 3.85. The summed E-state index contributed by atoms with van der Waals surface area (Å²) in [5.41, 5.74) is 5.53. The lowest BCUT2D eigenvalue weighted by Crippen LogP contribution is -2.13. The number of thiazole rings is 1. The average Bonchev–Trinajstić information content (AvgIpc) is 3.61. The largest absolute Gasteiger partial charge is 0.383 e. The van der Waals surface area contributed by atoms with E-state index in [2.05, 4.69) is 37.0 Å². The van der Waals surface area contributed by atoms with Gasteiger partial charge in [-0.05, 0) is 30.3 Å². The Balaban J connectivity index is 1.56. The van der Waals surface area contributed by atoms with Crippen molar-refractivity contribution >= 4 is 62.5 Å². The van der Waals surface area contributed by atoms with Crippen LogP contribution in [-0.2, 0) is 11.3 Å². The number of hydrogen-bond donors (Lipinski definition) is 2. The fraction of sp³-hybridized carbons (Fsp3) is 0.160. The molecule has 5 aromatic rings. The van der Waals surface area contributed by atoms with E-state index in [9.17, 15) is 9.65 Å². The first-order valence-corrected chi connectivity index (χ1v) is 12.9. The van der Waals surface area contributed by atoms with Crippen molar-refractivity contribution in [3.63, 3.8) is 0 Å². The highest BCUT2D eigenvalue weighted by Crippen LogP contribution is 2.37. The molecule has 0 amide bonds. The van der Waals surface area contributed by atoms with E-state index in [1.165, 1.54) is 35.7 Å². The molecule has 38 heavy (non-hydrogen) atoms. The Morgan fingerprint density at radius 3 is 2.74 bits per heavy atom. The van der Waals surface area contributed by atoms with Crippen molar-refractivity contribution in [2.75, 3.05) is 24.4 Å². The fourth-order valence-corrected chi connectivity index (χ4v) is 4.88. The van der Waals surface area contributed by atoms with E-state index in [4.69, 9.17) is 27.9 Å². The van der Waals surface area contributed by atoms with Crippen LogP contribution in [0.4, 0.5) is 21.5 Å². The van der Waals surface area contributed by atoms with Gasteiger partial charge < -0.3 is 15.4 Å². The average molecular weight is 569 g/mol. The van der Waals surface area contributed by atoms with Crippen LogP contribution in [0.25, 0.3) is 10.9 Å². The summed E-state index contributed by atoms with van der Waals surface area (Å²) in [6.45, 7) is 1.06. The van der Waals surface area contributed by atoms with E-state index in [0.717, 1.165) is 5.69 Å². The van der Waals surface area contributed by atoms with Crippen molar-refractivity contribution < 1.29 is 9.13 Å². The van der Waals surface area contributed by atoms with Gasteiger partial charge in [-0.15, -0.1) is 16.4 Å². The second kappa shape index (κ2) is 11.3. The lowest BCUT2D eigenvalue weighted by molar-refractivity contribution is 0.183. The molecule has 2 aromatic carbocycles. The summed E-state index contributed by atoms with van der Waals surface area (Å²) >= 11 is 14.1. The summed E-state index contributed by atoms with van der Waals surface area (Å²) in [5.74, 6) is -0.543. The topological polar surface area (TPSA) is 114 Å². The van der Waals surface area contributed by atoms with Gasteiger partial charge in [0, 0.05) is 35.4 Å². The van der Waals surface area contributed by atoms with E-state index >= 15 is 0 Å². The molecule has 0 spiro atoms. The molecule has 3 aromatic heterocycles. The van der Waals surface area contributed by atoms with E-state index in [-0.39, 0.29) is 10.6 Å². The molecule has 0 aliphatic rings. The van der Waals surface area contributed by atoms with Crippen LogP contribution in [0.15, 0.2) is 53.6 Å². The van der Waals surface area contributed by atoms with Crippen molar-refractivity contribution in [2.45, 2.75) is 12.6 Å². The second-order valence-electron chi connectivity index (χ2n) is 8.16. The van der Waals surface area contributed by atoms with Crippen LogP contribution in [0, 0.1) is 17.1 Å². The van der Waals surface area contributed by atoms with Crippen LogP contribution in [-0.4, -0.2) is 38.7 Å². The quantitative estimate of drug-likeness (QED) is 0.216. The van der Waals surface area contributed by atoms with Gasteiger partial charge in [-0.3, -0.25) is 4.98 Å². The van der Waals surface area contributed by atoms with Crippen molar-refractivity contribution in [3.8, 4) is 6.07 Å². The Labute approximate surface area is 230 Å². The lowest BCUT2D eigenvalue weighted by atomic mass is 10.1. The van der Waals surface area contributed by atoms with Crippen molar-refractivity contribution in [1.82, 2.24) is 25.0 Å². The van der Waals surface area contributed by atoms with Crippen molar-refractivity contribution in [1.29, 1.82) is 5.26 Å². The number of hydrogen-bond acceptors (Lipinski definition) is 9. The van der Waals surface area contributed by atoms with Crippen LogP contribution in [0.5, 0.6) is 0 Å². The smallest absolute Gasteiger partial charge is 0.141 e. The van der Waals surface area contributed by atoms with Crippen LogP contribution in [0.2, 0.25) is 10.0 Å². The molecular formula is C25H19Cl2FN8OS. The zero-order valence-electron chi connectivity index (χ0n) is 19.8. The highest BCUT2D eigenvalue weighted by atomic mass is 35.5. The molecule has 2 N–H and O–H groups in total. The predicted molar refractivity (Wildman–Crippen MR) is 146 cm³/mol. The maximum atomic E-state index is 13.7. The Morgan fingerprint density at radius 1 is 1.16 bits per heavy atom. The summed E-state index contributed by atoms with van der Waals surface area (Å²) in [6.07, 6.45) is 3.27. The molecule has 9 nitrogen and oxygen atoms in total. The minimum atomic E-state index is -0.543. The number of benzene rings is 2. The molecule has 0 radical (unpaired) electrons. The molecule has 192 valence electrons. The number of halogens is 3. The number of fused-ring (bicyclic) bond motifs is 1. The Bertz CT molecular complexity index is 1640. The van der Waals surface area contributed by atoms with Gasteiger partial charge in [-0.2, -0.15) is 5.26 Å². The summed E-state index contributed by atoms with van der Waals surface area (Å²) in [4.78, 5) is 8.86. The molecule has 1 unspecified atom stereocenters. The maximum absolute atomic E-state index is 13.7. The standard InChI is InChI=1S/C25H19Cl2FN8OS/c1-37-5-4-36-11-21(34-35-36)25(22-12-38-13-31-22)33-16-6-17-23(32-15-2-3-20(28)18(26)7-15)14(9-29)10-30-24(17)19(27)8-16/h2-3,6-8,10-13,25,33H,4-5H2,1H3,(H,30,32).